The number of allylic oxidation sites excluding steroid dienone is 2. The number of benzene rings is 1. The first-order valence-electron chi connectivity index (χ1n) is 8.07. The maximum Gasteiger partial charge on any atom is 0.157 e. The van der Waals surface area contributed by atoms with E-state index in [9.17, 15) is 0 Å². The molecular weight excluding hydrogens is 260 g/mol. The Kier molecular flexibility index (Phi) is 4.64. The molecule has 0 amide bonds. The van der Waals surface area contributed by atoms with Crippen LogP contribution in [0.3, 0.4) is 0 Å². The van der Waals surface area contributed by atoms with Crippen LogP contribution in [0.25, 0.3) is 0 Å². The van der Waals surface area contributed by atoms with Crippen molar-refractivity contribution in [1.82, 2.24) is 0 Å². The van der Waals surface area contributed by atoms with Crippen molar-refractivity contribution in [3.8, 4) is 0 Å². The first-order valence-corrected chi connectivity index (χ1v) is 8.07. The van der Waals surface area contributed by atoms with Crippen LogP contribution in [0, 0.1) is 6.92 Å². The molecule has 112 valence electrons. The van der Waals surface area contributed by atoms with Gasteiger partial charge in [-0.15, -0.1) is 0 Å². The molecule has 21 heavy (non-hydrogen) atoms. The van der Waals surface area contributed by atoms with Gasteiger partial charge in [-0.05, 0) is 63.2 Å². The zero-order chi connectivity index (χ0) is 14.5. The first-order chi connectivity index (χ1) is 10.3. The second-order valence-electron chi connectivity index (χ2n) is 6.01. The summed E-state index contributed by atoms with van der Waals surface area (Å²) >= 11 is 0. The van der Waals surface area contributed by atoms with Gasteiger partial charge in [-0.2, -0.15) is 0 Å². The van der Waals surface area contributed by atoms with Crippen molar-refractivity contribution in [1.29, 1.82) is 0 Å². The Morgan fingerprint density at radius 1 is 0.952 bits per heavy atom. The van der Waals surface area contributed by atoms with Gasteiger partial charge in [0.25, 0.3) is 0 Å². The van der Waals surface area contributed by atoms with E-state index in [0.29, 0.717) is 12.7 Å². The lowest BCUT2D eigenvalue weighted by Gasteiger charge is -2.21. The van der Waals surface area contributed by atoms with E-state index in [1.54, 1.807) is 0 Å². The number of ether oxygens (including phenoxy) is 2. The average molecular weight is 284 g/mol. The summed E-state index contributed by atoms with van der Waals surface area (Å²) in [6.45, 7) is 2.71. The highest BCUT2D eigenvalue weighted by molar-refractivity contribution is 5.25. The van der Waals surface area contributed by atoms with E-state index in [0.717, 1.165) is 24.4 Å². The highest BCUT2D eigenvalue weighted by Crippen LogP contribution is 2.29. The summed E-state index contributed by atoms with van der Waals surface area (Å²) in [4.78, 5) is 0. The van der Waals surface area contributed by atoms with Crippen molar-refractivity contribution in [3.63, 3.8) is 0 Å². The summed E-state index contributed by atoms with van der Waals surface area (Å²) in [5, 5.41) is 0. The first kappa shape index (κ1) is 14.2. The Labute approximate surface area is 127 Å². The Bertz CT molecular complexity index is 519. The van der Waals surface area contributed by atoms with Gasteiger partial charge in [0.05, 0.1) is 6.10 Å². The highest BCUT2D eigenvalue weighted by Gasteiger charge is 2.21. The largest absolute Gasteiger partial charge is 0.487 e. The summed E-state index contributed by atoms with van der Waals surface area (Å²) in [7, 11) is 0. The molecule has 0 aromatic heterocycles. The number of aryl methyl sites for hydroxylation is 1. The molecule has 0 heterocycles. The van der Waals surface area contributed by atoms with Gasteiger partial charge in [0.1, 0.15) is 6.61 Å². The van der Waals surface area contributed by atoms with Gasteiger partial charge in [-0.1, -0.05) is 29.8 Å². The molecule has 0 aliphatic heterocycles. The Hall–Kier alpha value is -1.70. The molecule has 2 heteroatoms. The van der Waals surface area contributed by atoms with Gasteiger partial charge in [-0.25, -0.2) is 0 Å². The van der Waals surface area contributed by atoms with E-state index in [1.807, 2.05) is 0 Å². The topological polar surface area (TPSA) is 18.5 Å². The van der Waals surface area contributed by atoms with Gasteiger partial charge in [0.2, 0.25) is 0 Å². The predicted molar refractivity (Wildman–Crippen MR) is 84.7 cm³/mol. The minimum absolute atomic E-state index is 0.390. The molecule has 0 atom stereocenters. The van der Waals surface area contributed by atoms with E-state index >= 15 is 0 Å². The molecular formula is C19H24O2. The summed E-state index contributed by atoms with van der Waals surface area (Å²) in [5.41, 5.74) is 2.48. The van der Waals surface area contributed by atoms with E-state index in [4.69, 9.17) is 9.47 Å². The molecule has 3 rings (SSSR count). The fourth-order valence-corrected chi connectivity index (χ4v) is 2.90. The molecule has 2 aliphatic carbocycles. The molecule has 0 spiro atoms. The standard InChI is InChI=1S/C19H24O2/c1-15-10-12-16(13-11-15)14-20-18-8-4-5-9-19(18)21-17-6-2-3-7-17/h8-13,17H,2-7,14H2,1H3. The maximum atomic E-state index is 6.14. The van der Waals surface area contributed by atoms with Crippen molar-refractivity contribution in [2.45, 2.75) is 58.2 Å². The Morgan fingerprint density at radius 2 is 1.62 bits per heavy atom. The number of hydrogen-bond donors (Lipinski definition) is 0. The van der Waals surface area contributed by atoms with Crippen LogP contribution in [0.2, 0.25) is 0 Å². The quantitative estimate of drug-likeness (QED) is 0.754. The lowest BCUT2D eigenvalue weighted by Crippen LogP contribution is -2.11. The summed E-state index contributed by atoms with van der Waals surface area (Å²) in [5.74, 6) is 1.88. The fraction of sp³-hybridized carbons (Fsp3) is 0.474. The van der Waals surface area contributed by atoms with Crippen LogP contribution >= 0.6 is 0 Å². The van der Waals surface area contributed by atoms with Crippen molar-refractivity contribution in [2.75, 3.05) is 0 Å². The van der Waals surface area contributed by atoms with E-state index in [1.165, 1.54) is 36.8 Å². The number of rotatable bonds is 5. The van der Waals surface area contributed by atoms with Crippen molar-refractivity contribution in [2.24, 2.45) is 0 Å². The van der Waals surface area contributed by atoms with Gasteiger partial charge in [-0.3, -0.25) is 0 Å². The highest BCUT2D eigenvalue weighted by atomic mass is 16.5. The molecule has 1 aromatic carbocycles. The molecule has 1 fully saturated rings. The van der Waals surface area contributed by atoms with Crippen LogP contribution in [0.1, 0.15) is 49.7 Å². The fourth-order valence-electron chi connectivity index (χ4n) is 2.90. The van der Waals surface area contributed by atoms with Crippen LogP contribution < -0.4 is 0 Å². The average Bonchev–Trinajstić information content (AvgIpc) is 3.01. The lowest BCUT2D eigenvalue weighted by atomic mass is 10.1. The monoisotopic (exact) mass is 284 g/mol. The van der Waals surface area contributed by atoms with E-state index in [-0.39, 0.29) is 0 Å². The van der Waals surface area contributed by atoms with E-state index in [2.05, 4.69) is 43.3 Å². The molecule has 0 bridgehead atoms. The molecule has 1 aromatic rings. The normalized spacial score (nSPS) is 19.1. The predicted octanol–water partition coefficient (Wildman–Crippen LogP) is 5.03. The van der Waals surface area contributed by atoms with Crippen LogP contribution in [0.5, 0.6) is 0 Å². The second kappa shape index (κ2) is 6.84. The molecule has 0 unspecified atom stereocenters. The Balaban J connectivity index is 1.58. The summed E-state index contributed by atoms with van der Waals surface area (Å²) in [6, 6.07) is 8.50. The summed E-state index contributed by atoms with van der Waals surface area (Å²) in [6.07, 6.45) is 11.8. The molecule has 0 radical (unpaired) electrons. The summed E-state index contributed by atoms with van der Waals surface area (Å²) < 4.78 is 12.1. The van der Waals surface area contributed by atoms with Crippen molar-refractivity contribution >= 4 is 0 Å². The lowest BCUT2D eigenvalue weighted by molar-refractivity contribution is 0.0903. The van der Waals surface area contributed by atoms with Crippen LogP contribution in [0.4, 0.5) is 0 Å². The van der Waals surface area contributed by atoms with Crippen LogP contribution in [-0.2, 0) is 16.1 Å². The minimum Gasteiger partial charge on any atom is -0.487 e. The minimum atomic E-state index is 0.390. The SMILES string of the molecule is Cc1ccc(COC2=CCCC=C2OC2CCCC2)cc1. The van der Waals surface area contributed by atoms with E-state index < -0.39 is 0 Å². The number of hydrogen-bond acceptors (Lipinski definition) is 2. The third-order valence-electron chi connectivity index (χ3n) is 4.18. The van der Waals surface area contributed by atoms with Gasteiger partial charge >= 0.3 is 0 Å². The molecule has 1 saturated carbocycles. The smallest absolute Gasteiger partial charge is 0.157 e. The maximum absolute atomic E-state index is 6.14. The van der Waals surface area contributed by atoms with Crippen molar-refractivity contribution in [3.05, 3.63) is 59.1 Å². The van der Waals surface area contributed by atoms with Gasteiger partial charge in [0.15, 0.2) is 11.5 Å². The molecule has 0 saturated heterocycles. The third kappa shape index (κ3) is 3.90. The van der Waals surface area contributed by atoms with Crippen LogP contribution in [-0.4, -0.2) is 6.10 Å². The Morgan fingerprint density at radius 3 is 2.33 bits per heavy atom. The van der Waals surface area contributed by atoms with Gasteiger partial charge in [0, 0.05) is 0 Å². The molecule has 0 N–H and O–H groups in total. The zero-order valence-electron chi connectivity index (χ0n) is 12.8. The van der Waals surface area contributed by atoms with Crippen molar-refractivity contribution < 1.29 is 9.47 Å². The zero-order valence-corrected chi connectivity index (χ0v) is 12.8. The molecule has 2 nitrogen and oxygen atoms in total. The van der Waals surface area contributed by atoms with Gasteiger partial charge < -0.3 is 9.47 Å². The third-order valence-corrected chi connectivity index (χ3v) is 4.18. The molecule has 2 aliphatic rings. The van der Waals surface area contributed by atoms with Crippen LogP contribution in [0.15, 0.2) is 47.9 Å². The second-order valence-corrected chi connectivity index (χ2v) is 6.01.